The molecule has 0 spiro atoms. The first-order chi connectivity index (χ1) is 11.9. The quantitative estimate of drug-likeness (QED) is 0.710. The summed E-state index contributed by atoms with van der Waals surface area (Å²) in [5, 5.41) is 3.05. The van der Waals surface area contributed by atoms with Crippen LogP contribution in [0.1, 0.15) is 24.1 Å². The van der Waals surface area contributed by atoms with Crippen LogP contribution in [0.4, 0.5) is 0 Å². The predicted octanol–water partition coefficient (Wildman–Crippen LogP) is 3.81. The van der Waals surface area contributed by atoms with Gasteiger partial charge in [-0.1, -0.05) is 30.3 Å². The van der Waals surface area contributed by atoms with Crippen molar-refractivity contribution in [3.63, 3.8) is 0 Å². The SMILES string of the molecule is c1ccc(C[C@H]2CCCN2Cc2csc(-c3ncccn3)n2)cc1. The fourth-order valence-corrected chi connectivity index (χ4v) is 4.08. The van der Waals surface area contributed by atoms with Gasteiger partial charge in [-0.15, -0.1) is 11.3 Å². The molecule has 122 valence electrons. The molecular formula is C19H20N4S. The summed E-state index contributed by atoms with van der Waals surface area (Å²) in [6, 6.07) is 13.2. The predicted molar refractivity (Wildman–Crippen MR) is 96.7 cm³/mol. The van der Waals surface area contributed by atoms with Crippen molar-refractivity contribution in [2.24, 2.45) is 0 Å². The van der Waals surface area contributed by atoms with E-state index in [1.54, 1.807) is 23.7 Å². The van der Waals surface area contributed by atoms with Crippen LogP contribution in [-0.2, 0) is 13.0 Å². The molecule has 0 unspecified atom stereocenters. The first kappa shape index (κ1) is 15.4. The molecule has 0 saturated carbocycles. The number of nitrogens with zero attached hydrogens (tertiary/aromatic N) is 4. The van der Waals surface area contributed by atoms with Crippen LogP contribution in [0.5, 0.6) is 0 Å². The third kappa shape index (κ3) is 3.52. The van der Waals surface area contributed by atoms with E-state index in [4.69, 9.17) is 4.98 Å². The van der Waals surface area contributed by atoms with Crippen molar-refractivity contribution in [1.29, 1.82) is 0 Å². The van der Waals surface area contributed by atoms with Gasteiger partial charge < -0.3 is 0 Å². The Morgan fingerprint density at radius 3 is 2.75 bits per heavy atom. The van der Waals surface area contributed by atoms with Crippen LogP contribution < -0.4 is 0 Å². The minimum absolute atomic E-state index is 0.616. The molecule has 3 heterocycles. The summed E-state index contributed by atoms with van der Waals surface area (Å²) in [5.41, 5.74) is 2.55. The van der Waals surface area contributed by atoms with Crippen LogP contribution in [0, 0.1) is 0 Å². The summed E-state index contributed by atoms with van der Waals surface area (Å²) in [6.07, 6.45) is 7.20. The monoisotopic (exact) mass is 336 g/mol. The minimum atomic E-state index is 0.616. The van der Waals surface area contributed by atoms with E-state index in [1.807, 2.05) is 6.07 Å². The fourth-order valence-electron chi connectivity index (χ4n) is 3.32. The molecule has 4 rings (SSSR count). The smallest absolute Gasteiger partial charge is 0.188 e. The van der Waals surface area contributed by atoms with Crippen molar-refractivity contribution in [3.05, 3.63) is 65.4 Å². The maximum Gasteiger partial charge on any atom is 0.188 e. The molecule has 1 atom stereocenters. The van der Waals surface area contributed by atoms with Crippen LogP contribution in [-0.4, -0.2) is 32.4 Å². The zero-order chi connectivity index (χ0) is 16.2. The molecule has 0 N–H and O–H groups in total. The molecule has 1 aliphatic rings. The van der Waals surface area contributed by atoms with Crippen LogP contribution in [0.15, 0.2) is 54.2 Å². The summed E-state index contributed by atoms with van der Waals surface area (Å²) < 4.78 is 0. The van der Waals surface area contributed by atoms with Crippen molar-refractivity contribution >= 4 is 11.3 Å². The highest BCUT2D eigenvalue weighted by Crippen LogP contribution is 2.25. The Hall–Kier alpha value is -2.11. The number of hydrogen-bond acceptors (Lipinski definition) is 5. The van der Waals surface area contributed by atoms with Crippen LogP contribution in [0.2, 0.25) is 0 Å². The summed E-state index contributed by atoms with van der Waals surface area (Å²) >= 11 is 1.63. The molecule has 1 saturated heterocycles. The molecule has 0 bridgehead atoms. The molecule has 5 heteroatoms. The number of benzene rings is 1. The van der Waals surface area contributed by atoms with Gasteiger partial charge in [0, 0.05) is 30.4 Å². The van der Waals surface area contributed by atoms with E-state index in [-0.39, 0.29) is 0 Å². The van der Waals surface area contributed by atoms with E-state index in [0.717, 1.165) is 36.0 Å². The summed E-state index contributed by atoms with van der Waals surface area (Å²) in [6.45, 7) is 2.08. The topological polar surface area (TPSA) is 41.9 Å². The Morgan fingerprint density at radius 1 is 1.08 bits per heavy atom. The first-order valence-corrected chi connectivity index (χ1v) is 9.26. The molecule has 1 aliphatic heterocycles. The van der Waals surface area contributed by atoms with Gasteiger partial charge in [-0.25, -0.2) is 15.0 Å². The van der Waals surface area contributed by atoms with Gasteiger partial charge in [0.05, 0.1) is 5.69 Å². The molecule has 3 aromatic rings. The lowest BCUT2D eigenvalue weighted by atomic mass is 10.0. The van der Waals surface area contributed by atoms with Crippen LogP contribution in [0.25, 0.3) is 10.8 Å². The zero-order valence-electron chi connectivity index (χ0n) is 13.5. The average molecular weight is 336 g/mol. The largest absolute Gasteiger partial charge is 0.294 e. The van der Waals surface area contributed by atoms with Gasteiger partial charge in [0.1, 0.15) is 0 Å². The Morgan fingerprint density at radius 2 is 1.92 bits per heavy atom. The van der Waals surface area contributed by atoms with Crippen molar-refractivity contribution in [3.8, 4) is 10.8 Å². The maximum atomic E-state index is 4.74. The molecule has 2 aromatic heterocycles. The molecular weight excluding hydrogens is 316 g/mol. The molecule has 0 amide bonds. The van der Waals surface area contributed by atoms with Gasteiger partial charge in [-0.05, 0) is 37.4 Å². The number of thiazole rings is 1. The van der Waals surface area contributed by atoms with Gasteiger partial charge in [0.15, 0.2) is 10.8 Å². The second-order valence-corrected chi connectivity index (χ2v) is 7.03. The van der Waals surface area contributed by atoms with Crippen molar-refractivity contribution < 1.29 is 0 Å². The lowest BCUT2D eigenvalue weighted by molar-refractivity contribution is 0.241. The Bertz CT molecular complexity index is 772. The van der Waals surface area contributed by atoms with E-state index in [2.05, 4.69) is 50.6 Å². The van der Waals surface area contributed by atoms with E-state index in [0.29, 0.717) is 6.04 Å². The van der Waals surface area contributed by atoms with E-state index in [9.17, 15) is 0 Å². The van der Waals surface area contributed by atoms with Gasteiger partial charge >= 0.3 is 0 Å². The van der Waals surface area contributed by atoms with Crippen molar-refractivity contribution in [2.75, 3.05) is 6.54 Å². The van der Waals surface area contributed by atoms with Crippen LogP contribution in [0.3, 0.4) is 0 Å². The second-order valence-electron chi connectivity index (χ2n) is 6.17. The maximum absolute atomic E-state index is 4.74. The lowest BCUT2D eigenvalue weighted by Gasteiger charge is -2.23. The molecule has 1 fully saturated rings. The highest BCUT2D eigenvalue weighted by Gasteiger charge is 2.25. The van der Waals surface area contributed by atoms with Gasteiger partial charge in [-0.2, -0.15) is 0 Å². The third-order valence-corrected chi connectivity index (χ3v) is 5.37. The van der Waals surface area contributed by atoms with Crippen LogP contribution >= 0.6 is 11.3 Å². The number of hydrogen-bond donors (Lipinski definition) is 0. The fraction of sp³-hybridized carbons (Fsp3) is 0.316. The number of likely N-dealkylation sites (tertiary alicyclic amines) is 1. The van der Waals surface area contributed by atoms with E-state index < -0.39 is 0 Å². The highest BCUT2D eigenvalue weighted by molar-refractivity contribution is 7.13. The minimum Gasteiger partial charge on any atom is -0.294 e. The normalized spacial score (nSPS) is 18.1. The zero-order valence-corrected chi connectivity index (χ0v) is 14.3. The number of rotatable bonds is 5. The summed E-state index contributed by atoms with van der Waals surface area (Å²) in [5.74, 6) is 0.719. The Balaban J connectivity index is 1.44. The van der Waals surface area contributed by atoms with Gasteiger partial charge in [0.25, 0.3) is 0 Å². The number of aromatic nitrogens is 3. The standard InChI is InChI=1S/C19H20N4S/c1-2-6-15(7-3-1)12-17-8-4-11-23(17)13-16-14-24-19(22-16)18-20-9-5-10-21-18/h1-3,5-7,9-10,14,17H,4,8,11-13H2/t17-/m1/s1. The molecule has 1 aromatic carbocycles. The molecule has 24 heavy (non-hydrogen) atoms. The molecule has 0 radical (unpaired) electrons. The molecule has 0 aliphatic carbocycles. The summed E-state index contributed by atoms with van der Waals surface area (Å²) in [4.78, 5) is 15.9. The van der Waals surface area contributed by atoms with Gasteiger partial charge in [0.2, 0.25) is 0 Å². The van der Waals surface area contributed by atoms with E-state index in [1.165, 1.54) is 18.4 Å². The van der Waals surface area contributed by atoms with E-state index >= 15 is 0 Å². The highest BCUT2D eigenvalue weighted by atomic mass is 32.1. The summed E-state index contributed by atoms with van der Waals surface area (Å²) in [7, 11) is 0. The Labute approximate surface area is 146 Å². The van der Waals surface area contributed by atoms with Crippen molar-refractivity contribution in [2.45, 2.75) is 31.8 Å². The average Bonchev–Trinajstić information content (AvgIpc) is 3.27. The van der Waals surface area contributed by atoms with Crippen molar-refractivity contribution in [1.82, 2.24) is 19.9 Å². The Kier molecular flexibility index (Phi) is 4.62. The lowest BCUT2D eigenvalue weighted by Crippen LogP contribution is -2.30. The third-order valence-electron chi connectivity index (χ3n) is 4.49. The first-order valence-electron chi connectivity index (χ1n) is 8.38. The van der Waals surface area contributed by atoms with Gasteiger partial charge in [-0.3, -0.25) is 4.90 Å². The second kappa shape index (κ2) is 7.20. The molecule has 4 nitrogen and oxygen atoms in total.